The Kier molecular flexibility index (Phi) is 3.06. The second-order valence-corrected chi connectivity index (χ2v) is 3.51. The van der Waals surface area contributed by atoms with Gasteiger partial charge in [0.05, 0.1) is 0 Å². The molecule has 0 amide bonds. The molecule has 0 saturated heterocycles. The van der Waals surface area contributed by atoms with E-state index in [1.165, 1.54) is 6.07 Å². The van der Waals surface area contributed by atoms with Gasteiger partial charge >= 0.3 is 0 Å². The molecule has 0 aliphatic rings. The summed E-state index contributed by atoms with van der Waals surface area (Å²) in [6.45, 7) is 3.80. The van der Waals surface area contributed by atoms with Crippen LogP contribution in [0.1, 0.15) is 5.56 Å². The Morgan fingerprint density at radius 3 is 2.77 bits per heavy atom. The minimum absolute atomic E-state index is 0.184. The summed E-state index contributed by atoms with van der Waals surface area (Å²) in [5, 5.41) is 9.31. The van der Waals surface area contributed by atoms with E-state index in [1.54, 1.807) is 6.07 Å². The fraction of sp³-hybridized carbons (Fsp3) is 0.111. The Labute approximate surface area is 84.0 Å². The number of nitrogens with two attached hydrogens (primary N) is 1. The fourth-order valence-electron chi connectivity index (χ4n) is 0.945. The summed E-state index contributed by atoms with van der Waals surface area (Å²) in [5.41, 5.74) is 6.16. The van der Waals surface area contributed by atoms with Gasteiger partial charge in [0.2, 0.25) is 0 Å². The van der Waals surface area contributed by atoms with Gasteiger partial charge in [0.15, 0.2) is 11.6 Å². The Morgan fingerprint density at radius 1 is 1.62 bits per heavy atom. The van der Waals surface area contributed by atoms with Gasteiger partial charge in [0.1, 0.15) is 0 Å². The third-order valence-electron chi connectivity index (χ3n) is 1.66. The number of rotatable bonds is 2. The Balaban J connectivity index is 3.28. The number of hydrogen-bond acceptors (Lipinski definition) is 2. The monoisotopic (exact) mass is 245 g/mol. The van der Waals surface area contributed by atoms with E-state index in [0.29, 0.717) is 15.6 Å². The number of benzene rings is 1. The van der Waals surface area contributed by atoms with Gasteiger partial charge in [-0.2, -0.15) is 0 Å². The average molecular weight is 246 g/mol. The summed E-state index contributed by atoms with van der Waals surface area (Å²) >= 11 is 3.11. The van der Waals surface area contributed by atoms with Crippen molar-refractivity contribution >= 4 is 21.5 Å². The van der Waals surface area contributed by atoms with E-state index < -0.39 is 11.6 Å². The molecule has 1 aromatic rings. The van der Waals surface area contributed by atoms with Crippen LogP contribution in [-0.2, 0) is 0 Å². The molecule has 4 heteroatoms. The van der Waals surface area contributed by atoms with E-state index in [0.717, 1.165) is 0 Å². The summed E-state index contributed by atoms with van der Waals surface area (Å²) in [5.74, 6) is -1.09. The van der Waals surface area contributed by atoms with Crippen molar-refractivity contribution < 1.29 is 9.50 Å². The molecule has 0 radical (unpaired) electrons. The van der Waals surface area contributed by atoms with Crippen molar-refractivity contribution in [2.24, 2.45) is 5.73 Å². The van der Waals surface area contributed by atoms with Crippen LogP contribution < -0.4 is 5.73 Å². The smallest absolute Gasteiger partial charge is 0.166 e. The molecule has 3 N–H and O–H groups in total. The van der Waals surface area contributed by atoms with Crippen LogP contribution in [0.2, 0.25) is 0 Å². The maximum Gasteiger partial charge on any atom is 0.166 e. The third-order valence-corrected chi connectivity index (χ3v) is 2.11. The zero-order chi connectivity index (χ0) is 10.0. The maximum atomic E-state index is 13.0. The van der Waals surface area contributed by atoms with Crippen molar-refractivity contribution in [1.29, 1.82) is 0 Å². The Hall–Kier alpha value is -0.870. The van der Waals surface area contributed by atoms with Crippen molar-refractivity contribution in [3.05, 3.63) is 34.6 Å². The first-order valence-electron chi connectivity index (χ1n) is 3.62. The molecule has 70 valence electrons. The molecule has 1 aromatic carbocycles. The lowest BCUT2D eigenvalue weighted by atomic mass is 10.1. The van der Waals surface area contributed by atoms with Crippen LogP contribution in [-0.4, -0.2) is 11.7 Å². The number of phenols is 1. The topological polar surface area (TPSA) is 46.2 Å². The van der Waals surface area contributed by atoms with Gasteiger partial charge in [-0.15, -0.1) is 0 Å². The summed E-state index contributed by atoms with van der Waals surface area (Å²) < 4.78 is 13.5. The van der Waals surface area contributed by atoms with E-state index in [-0.39, 0.29) is 6.54 Å². The molecule has 0 aliphatic carbocycles. The van der Waals surface area contributed by atoms with Crippen LogP contribution >= 0.6 is 15.9 Å². The Morgan fingerprint density at radius 2 is 2.23 bits per heavy atom. The fourth-order valence-corrected chi connectivity index (χ4v) is 1.38. The normalized spacial score (nSPS) is 10.1. The van der Waals surface area contributed by atoms with Crippen LogP contribution in [0, 0.1) is 5.82 Å². The quantitative estimate of drug-likeness (QED) is 0.840. The highest BCUT2D eigenvalue weighted by atomic mass is 79.9. The van der Waals surface area contributed by atoms with Crippen molar-refractivity contribution in [2.75, 3.05) is 6.54 Å². The van der Waals surface area contributed by atoms with Gasteiger partial charge in [-0.1, -0.05) is 22.5 Å². The van der Waals surface area contributed by atoms with Crippen LogP contribution in [0.5, 0.6) is 5.75 Å². The predicted molar refractivity (Wildman–Crippen MR) is 53.9 cm³/mol. The second kappa shape index (κ2) is 3.89. The van der Waals surface area contributed by atoms with Crippen molar-refractivity contribution in [3.63, 3.8) is 0 Å². The van der Waals surface area contributed by atoms with Gasteiger partial charge in [0.25, 0.3) is 0 Å². The molecule has 0 fully saturated rings. The van der Waals surface area contributed by atoms with Crippen molar-refractivity contribution in [1.82, 2.24) is 0 Å². The van der Waals surface area contributed by atoms with Crippen LogP contribution in [0.3, 0.4) is 0 Å². The summed E-state index contributed by atoms with van der Waals surface area (Å²) in [7, 11) is 0. The van der Waals surface area contributed by atoms with E-state index >= 15 is 0 Å². The lowest BCUT2D eigenvalue weighted by Crippen LogP contribution is -2.01. The number of phenolic OH excluding ortho intramolecular Hbond substituents is 1. The van der Waals surface area contributed by atoms with Gasteiger partial charge in [0, 0.05) is 16.6 Å². The molecule has 1 rings (SSSR count). The van der Waals surface area contributed by atoms with E-state index in [1.807, 2.05) is 0 Å². The molecular weight excluding hydrogens is 237 g/mol. The molecule has 0 atom stereocenters. The van der Waals surface area contributed by atoms with Crippen molar-refractivity contribution in [2.45, 2.75) is 0 Å². The average Bonchev–Trinajstić information content (AvgIpc) is 2.10. The molecular formula is C9H9BrFNO. The highest BCUT2D eigenvalue weighted by molar-refractivity contribution is 9.10. The van der Waals surface area contributed by atoms with E-state index in [2.05, 4.69) is 22.5 Å². The molecule has 0 unspecified atom stereocenters. The van der Waals surface area contributed by atoms with Crippen LogP contribution in [0.15, 0.2) is 23.2 Å². The molecule has 13 heavy (non-hydrogen) atoms. The molecule has 0 aromatic heterocycles. The minimum atomic E-state index is -0.682. The minimum Gasteiger partial charge on any atom is -0.504 e. The van der Waals surface area contributed by atoms with E-state index in [9.17, 15) is 9.50 Å². The van der Waals surface area contributed by atoms with Crippen LogP contribution in [0.25, 0.3) is 5.57 Å². The van der Waals surface area contributed by atoms with Gasteiger partial charge in [-0.3, -0.25) is 0 Å². The molecule has 0 saturated carbocycles. The highest BCUT2D eigenvalue weighted by Gasteiger charge is 2.10. The second-order valence-electron chi connectivity index (χ2n) is 2.59. The maximum absolute atomic E-state index is 13.0. The third kappa shape index (κ3) is 2.08. The first-order chi connectivity index (χ1) is 6.06. The highest BCUT2D eigenvalue weighted by Crippen LogP contribution is 2.29. The molecule has 0 aliphatic heterocycles. The molecule has 0 spiro atoms. The number of aromatic hydroxyl groups is 1. The lowest BCUT2D eigenvalue weighted by Gasteiger charge is -2.07. The molecule has 0 heterocycles. The first kappa shape index (κ1) is 10.2. The lowest BCUT2D eigenvalue weighted by molar-refractivity contribution is 0.430. The van der Waals surface area contributed by atoms with Gasteiger partial charge in [-0.05, 0) is 17.7 Å². The van der Waals surface area contributed by atoms with Gasteiger partial charge in [-0.25, -0.2) is 4.39 Å². The summed E-state index contributed by atoms with van der Waals surface area (Å²) in [6.07, 6.45) is 0. The standard InChI is InChI=1S/C9H9BrFNO/c1-5(4-12)7-2-6(10)3-8(11)9(7)13/h2-3,13H,1,4,12H2. The first-order valence-corrected chi connectivity index (χ1v) is 4.41. The zero-order valence-electron chi connectivity index (χ0n) is 6.85. The SMILES string of the molecule is C=C(CN)c1cc(Br)cc(F)c1O. The van der Waals surface area contributed by atoms with Crippen molar-refractivity contribution in [3.8, 4) is 5.75 Å². The van der Waals surface area contributed by atoms with E-state index in [4.69, 9.17) is 5.73 Å². The Bertz CT molecular complexity index is 352. The largest absolute Gasteiger partial charge is 0.504 e. The number of hydrogen-bond donors (Lipinski definition) is 2. The summed E-state index contributed by atoms with van der Waals surface area (Å²) in [6, 6.07) is 2.76. The predicted octanol–water partition coefficient (Wildman–Crippen LogP) is 2.27. The zero-order valence-corrected chi connectivity index (χ0v) is 8.44. The summed E-state index contributed by atoms with van der Waals surface area (Å²) in [4.78, 5) is 0. The van der Waals surface area contributed by atoms with Crippen LogP contribution in [0.4, 0.5) is 4.39 Å². The van der Waals surface area contributed by atoms with Gasteiger partial charge < -0.3 is 10.8 Å². The molecule has 2 nitrogen and oxygen atoms in total. The number of halogens is 2. The molecule has 0 bridgehead atoms.